The number of aromatic nitrogens is 2. The average Bonchev–Trinajstić information content (AvgIpc) is 3.04. The van der Waals surface area contributed by atoms with Crippen LogP contribution >= 0.6 is 0 Å². The highest BCUT2D eigenvalue weighted by molar-refractivity contribution is 5.91. The second-order valence-electron chi connectivity index (χ2n) is 4.69. The minimum absolute atomic E-state index is 0.0165. The number of aliphatic hydroxyl groups is 1. The molecule has 0 bridgehead atoms. The summed E-state index contributed by atoms with van der Waals surface area (Å²) in [5.41, 5.74) is 2.88. The van der Waals surface area contributed by atoms with Crippen molar-refractivity contribution in [1.29, 1.82) is 0 Å². The van der Waals surface area contributed by atoms with Gasteiger partial charge in [0.1, 0.15) is 6.10 Å². The Balaban J connectivity index is 2.38. The number of rotatable bonds is 6. The molecule has 0 amide bonds. The molecule has 0 aliphatic carbocycles. The van der Waals surface area contributed by atoms with Gasteiger partial charge in [0, 0.05) is 29.3 Å². The largest absolute Gasteiger partial charge is 0.454 e. The van der Waals surface area contributed by atoms with Gasteiger partial charge in [0.25, 0.3) is 0 Å². The number of carbonyl (C=O) groups excluding carboxylic acids is 1. The lowest BCUT2D eigenvalue weighted by molar-refractivity contribution is -0.137. The highest BCUT2D eigenvalue weighted by Gasteiger charge is 2.30. The smallest absolute Gasteiger partial charge is 0.334 e. The van der Waals surface area contributed by atoms with E-state index >= 15 is 0 Å². The first-order valence-corrected chi connectivity index (χ1v) is 6.62. The Morgan fingerprint density at radius 1 is 1.52 bits per heavy atom. The van der Waals surface area contributed by atoms with Gasteiger partial charge in [-0.2, -0.15) is 5.10 Å². The maximum atomic E-state index is 11.5. The van der Waals surface area contributed by atoms with Gasteiger partial charge in [-0.1, -0.05) is 31.9 Å². The summed E-state index contributed by atoms with van der Waals surface area (Å²) < 4.78 is 6.94. The Morgan fingerprint density at radius 2 is 2.29 bits per heavy atom. The van der Waals surface area contributed by atoms with Gasteiger partial charge >= 0.3 is 5.97 Å². The van der Waals surface area contributed by atoms with Crippen LogP contribution < -0.4 is 0 Å². The highest BCUT2D eigenvalue weighted by Crippen LogP contribution is 2.31. The van der Waals surface area contributed by atoms with Gasteiger partial charge in [-0.05, 0) is 5.57 Å². The van der Waals surface area contributed by atoms with Crippen molar-refractivity contribution in [2.24, 2.45) is 0 Å². The number of aliphatic hydroxyl groups excluding tert-OH is 1. The number of allylic oxidation sites excluding steroid dienone is 2. The summed E-state index contributed by atoms with van der Waals surface area (Å²) in [6.45, 7) is 11.7. The van der Waals surface area contributed by atoms with E-state index in [-0.39, 0.29) is 12.6 Å². The monoisotopic (exact) mass is 286 g/mol. The van der Waals surface area contributed by atoms with Gasteiger partial charge in [0.05, 0.1) is 19.3 Å². The molecular formula is C16H18N2O3. The van der Waals surface area contributed by atoms with E-state index in [1.807, 2.05) is 6.20 Å². The molecule has 1 unspecified atom stereocenters. The summed E-state index contributed by atoms with van der Waals surface area (Å²) in [6.07, 6.45) is 6.90. The Morgan fingerprint density at radius 3 is 2.81 bits per heavy atom. The molecule has 21 heavy (non-hydrogen) atoms. The second kappa shape index (κ2) is 6.37. The molecule has 2 heterocycles. The van der Waals surface area contributed by atoms with Crippen LogP contribution in [0.4, 0.5) is 0 Å². The second-order valence-corrected chi connectivity index (χ2v) is 4.69. The topological polar surface area (TPSA) is 64.3 Å². The van der Waals surface area contributed by atoms with Crippen LogP contribution in [0.1, 0.15) is 12.0 Å². The molecule has 1 aromatic rings. The number of cyclic esters (lactones) is 1. The number of ether oxygens (including phenoxy) is 1. The van der Waals surface area contributed by atoms with E-state index in [4.69, 9.17) is 9.84 Å². The molecule has 5 heteroatoms. The Bertz CT molecular complexity index is 609. The van der Waals surface area contributed by atoms with Gasteiger partial charge in [0.15, 0.2) is 0 Å². The molecule has 110 valence electrons. The van der Waals surface area contributed by atoms with Crippen molar-refractivity contribution in [3.63, 3.8) is 0 Å². The molecule has 2 rings (SSSR count). The van der Waals surface area contributed by atoms with Gasteiger partial charge in [0.2, 0.25) is 0 Å². The van der Waals surface area contributed by atoms with Crippen LogP contribution in [0.15, 0.2) is 55.4 Å². The van der Waals surface area contributed by atoms with Crippen LogP contribution in [-0.2, 0) is 16.1 Å². The molecule has 1 N–H and O–H groups in total. The summed E-state index contributed by atoms with van der Waals surface area (Å²) in [5.74, 6) is -0.376. The van der Waals surface area contributed by atoms with Gasteiger partial charge in [-0.15, -0.1) is 0 Å². The van der Waals surface area contributed by atoms with Crippen LogP contribution in [0.25, 0.3) is 5.57 Å². The zero-order valence-electron chi connectivity index (χ0n) is 11.8. The van der Waals surface area contributed by atoms with E-state index < -0.39 is 6.10 Å². The molecule has 1 aliphatic rings. The summed E-state index contributed by atoms with van der Waals surface area (Å²) in [4.78, 5) is 11.5. The van der Waals surface area contributed by atoms with Gasteiger partial charge in [-0.25, -0.2) is 4.79 Å². The van der Waals surface area contributed by atoms with E-state index in [9.17, 15) is 4.79 Å². The predicted octanol–water partition coefficient (Wildman–Crippen LogP) is 1.87. The van der Waals surface area contributed by atoms with Crippen molar-refractivity contribution < 1.29 is 14.6 Å². The average molecular weight is 286 g/mol. The van der Waals surface area contributed by atoms with Crippen molar-refractivity contribution >= 4 is 11.5 Å². The summed E-state index contributed by atoms with van der Waals surface area (Å²) in [5, 5.41) is 13.1. The molecule has 0 saturated carbocycles. The number of hydrogen-bond acceptors (Lipinski definition) is 4. The summed E-state index contributed by atoms with van der Waals surface area (Å²) >= 11 is 0. The maximum absolute atomic E-state index is 11.5. The fourth-order valence-electron chi connectivity index (χ4n) is 2.28. The molecule has 0 radical (unpaired) electrons. The lowest BCUT2D eigenvalue weighted by Gasteiger charge is -2.13. The first kappa shape index (κ1) is 15.0. The Kier molecular flexibility index (Phi) is 4.55. The van der Waals surface area contributed by atoms with E-state index in [0.29, 0.717) is 18.5 Å². The molecule has 5 nitrogen and oxygen atoms in total. The lowest BCUT2D eigenvalue weighted by atomic mass is 9.96. The van der Waals surface area contributed by atoms with E-state index in [1.165, 1.54) is 0 Å². The van der Waals surface area contributed by atoms with Crippen molar-refractivity contribution in [1.82, 2.24) is 9.78 Å². The standard InChI is InChI=1S/C16H18N2O3/c1-4-13(12-9-17-18(10-12)6-7-19)14(5-2)15-8-11(3)16(20)21-15/h4-5,9-10,15,19H,1-3,6-8H2/b14-13-. The molecule has 1 aliphatic heterocycles. The molecule has 1 aromatic heterocycles. The fourth-order valence-corrected chi connectivity index (χ4v) is 2.28. The van der Waals surface area contributed by atoms with Gasteiger partial charge in [-0.3, -0.25) is 4.68 Å². The Labute approximate surface area is 123 Å². The molecule has 1 saturated heterocycles. The number of nitrogens with zero attached hydrogens (tertiary/aromatic N) is 2. The van der Waals surface area contributed by atoms with E-state index in [0.717, 1.165) is 16.7 Å². The molecule has 0 spiro atoms. The SMILES string of the molecule is C=C/C(=C(\C=C)C1CC(=C)C(=O)O1)c1cnn(CCO)c1. The number of carbonyl (C=O) groups is 1. The van der Waals surface area contributed by atoms with Crippen LogP contribution in [-0.4, -0.2) is 33.6 Å². The number of esters is 1. The summed E-state index contributed by atoms with van der Waals surface area (Å²) in [6, 6.07) is 0. The normalized spacial score (nSPS) is 19.2. The quantitative estimate of drug-likeness (QED) is 0.492. The third kappa shape index (κ3) is 3.03. The van der Waals surface area contributed by atoms with Crippen molar-refractivity contribution in [2.45, 2.75) is 19.1 Å². The molecule has 1 fully saturated rings. The van der Waals surface area contributed by atoms with Gasteiger partial charge < -0.3 is 9.84 Å². The fraction of sp³-hybridized carbons (Fsp3) is 0.250. The van der Waals surface area contributed by atoms with Crippen molar-refractivity contribution in [3.8, 4) is 0 Å². The first-order chi connectivity index (χ1) is 10.1. The molecular weight excluding hydrogens is 268 g/mol. The predicted molar refractivity (Wildman–Crippen MR) is 80.3 cm³/mol. The van der Waals surface area contributed by atoms with Crippen LogP contribution in [0.5, 0.6) is 0 Å². The van der Waals surface area contributed by atoms with Crippen LogP contribution in [0.2, 0.25) is 0 Å². The van der Waals surface area contributed by atoms with E-state index in [1.54, 1.807) is 23.0 Å². The zero-order valence-corrected chi connectivity index (χ0v) is 11.8. The minimum Gasteiger partial charge on any atom is -0.454 e. The molecule has 1 atom stereocenters. The van der Waals surface area contributed by atoms with Crippen LogP contribution in [0, 0.1) is 0 Å². The van der Waals surface area contributed by atoms with E-state index in [2.05, 4.69) is 24.8 Å². The summed E-state index contributed by atoms with van der Waals surface area (Å²) in [7, 11) is 0. The molecule has 0 aromatic carbocycles. The maximum Gasteiger partial charge on any atom is 0.334 e. The third-order valence-corrected chi connectivity index (χ3v) is 3.33. The number of hydrogen-bond donors (Lipinski definition) is 1. The minimum atomic E-state index is -0.392. The third-order valence-electron chi connectivity index (χ3n) is 3.33. The van der Waals surface area contributed by atoms with Crippen LogP contribution in [0.3, 0.4) is 0 Å². The lowest BCUT2D eigenvalue weighted by Crippen LogP contribution is -2.10. The first-order valence-electron chi connectivity index (χ1n) is 6.62. The zero-order chi connectivity index (χ0) is 15.4. The highest BCUT2D eigenvalue weighted by atomic mass is 16.5. The Hall–Kier alpha value is -2.40. The van der Waals surface area contributed by atoms with Crippen molar-refractivity contribution in [2.75, 3.05) is 6.61 Å². The van der Waals surface area contributed by atoms with Crippen molar-refractivity contribution in [3.05, 3.63) is 61.0 Å².